The number of hydrogen-bond donors (Lipinski definition) is 1. The molecule has 0 aliphatic heterocycles. The van der Waals surface area contributed by atoms with Gasteiger partial charge in [-0.1, -0.05) is 22.9 Å². The van der Waals surface area contributed by atoms with Gasteiger partial charge in [-0.05, 0) is 56.2 Å². The lowest BCUT2D eigenvalue weighted by Crippen LogP contribution is -2.31. The Balaban J connectivity index is 2.25. The van der Waals surface area contributed by atoms with Crippen LogP contribution in [0.2, 0.25) is 0 Å². The summed E-state index contributed by atoms with van der Waals surface area (Å²) in [5.74, 6) is 2.44. The quantitative estimate of drug-likeness (QED) is 0.872. The van der Waals surface area contributed by atoms with E-state index in [2.05, 4.69) is 15.9 Å². The summed E-state index contributed by atoms with van der Waals surface area (Å²) in [6.45, 7) is 5.99. The van der Waals surface area contributed by atoms with Gasteiger partial charge in [-0.2, -0.15) is 0 Å². The summed E-state index contributed by atoms with van der Waals surface area (Å²) in [4.78, 5) is 0. The molecule has 1 aromatic heterocycles. The fraction of sp³-hybridized carbons (Fsp3) is 0.375. The van der Waals surface area contributed by atoms with Crippen LogP contribution in [0.5, 0.6) is 5.75 Å². The summed E-state index contributed by atoms with van der Waals surface area (Å²) in [6, 6.07) is 9.66. The maximum absolute atomic E-state index is 6.18. The molecule has 0 radical (unpaired) electrons. The van der Waals surface area contributed by atoms with Crippen LogP contribution in [0, 0.1) is 13.8 Å². The molecule has 1 heterocycles. The molecule has 2 unspecified atom stereocenters. The predicted octanol–water partition coefficient (Wildman–Crippen LogP) is 4.52. The van der Waals surface area contributed by atoms with Crippen LogP contribution in [-0.4, -0.2) is 6.04 Å². The molecule has 0 amide bonds. The average molecular weight is 338 g/mol. The van der Waals surface area contributed by atoms with Gasteiger partial charge in [0.2, 0.25) is 0 Å². The van der Waals surface area contributed by atoms with Gasteiger partial charge in [0.25, 0.3) is 0 Å². The van der Waals surface area contributed by atoms with E-state index in [1.165, 1.54) is 0 Å². The zero-order valence-electron chi connectivity index (χ0n) is 12.0. The van der Waals surface area contributed by atoms with Gasteiger partial charge < -0.3 is 14.9 Å². The summed E-state index contributed by atoms with van der Waals surface area (Å²) in [5, 5.41) is 0. The molecule has 2 aromatic rings. The van der Waals surface area contributed by atoms with E-state index in [0.29, 0.717) is 0 Å². The Labute approximate surface area is 128 Å². The Morgan fingerprint density at radius 3 is 2.55 bits per heavy atom. The Bertz CT molecular complexity index is 580. The van der Waals surface area contributed by atoms with Crippen LogP contribution < -0.4 is 10.5 Å². The van der Waals surface area contributed by atoms with Crippen molar-refractivity contribution in [3.8, 4) is 5.75 Å². The monoisotopic (exact) mass is 337 g/mol. The molecule has 0 bridgehead atoms. The van der Waals surface area contributed by atoms with Crippen molar-refractivity contribution in [2.75, 3.05) is 0 Å². The number of aryl methyl sites for hydroxylation is 2. The van der Waals surface area contributed by atoms with Gasteiger partial charge in [0.05, 0.1) is 0 Å². The van der Waals surface area contributed by atoms with Crippen LogP contribution in [-0.2, 0) is 0 Å². The number of rotatable bonds is 5. The van der Waals surface area contributed by atoms with E-state index in [-0.39, 0.29) is 12.1 Å². The van der Waals surface area contributed by atoms with Crippen molar-refractivity contribution < 1.29 is 9.15 Å². The standard InChI is InChI=1S/C16H20BrNO2/c1-4-14(18)16(15-8-5-11(3)19-15)20-12-6-7-13(17)10(2)9-12/h5-9,14,16H,4,18H2,1-3H3. The van der Waals surface area contributed by atoms with Crippen molar-refractivity contribution in [1.82, 2.24) is 0 Å². The first-order chi connectivity index (χ1) is 9.51. The van der Waals surface area contributed by atoms with E-state index in [9.17, 15) is 0 Å². The van der Waals surface area contributed by atoms with Gasteiger partial charge in [-0.15, -0.1) is 0 Å². The number of furan rings is 1. The van der Waals surface area contributed by atoms with Crippen LogP contribution in [0.1, 0.15) is 36.5 Å². The Kier molecular flexibility index (Phi) is 4.89. The number of halogens is 1. The summed E-state index contributed by atoms with van der Waals surface area (Å²) >= 11 is 3.49. The van der Waals surface area contributed by atoms with Crippen LogP contribution in [0.3, 0.4) is 0 Å². The van der Waals surface area contributed by atoms with E-state index in [1.807, 2.05) is 51.1 Å². The van der Waals surface area contributed by atoms with Gasteiger partial charge in [0, 0.05) is 10.5 Å². The van der Waals surface area contributed by atoms with Gasteiger partial charge in [0.1, 0.15) is 17.3 Å². The molecular formula is C16H20BrNO2. The highest BCUT2D eigenvalue weighted by molar-refractivity contribution is 9.10. The normalized spacial score (nSPS) is 14.1. The predicted molar refractivity (Wildman–Crippen MR) is 84.0 cm³/mol. The van der Waals surface area contributed by atoms with Gasteiger partial charge >= 0.3 is 0 Å². The highest BCUT2D eigenvalue weighted by Crippen LogP contribution is 2.29. The van der Waals surface area contributed by atoms with E-state index in [4.69, 9.17) is 14.9 Å². The fourth-order valence-electron chi connectivity index (χ4n) is 2.01. The zero-order valence-corrected chi connectivity index (χ0v) is 13.6. The summed E-state index contributed by atoms with van der Waals surface area (Å²) in [7, 11) is 0. The molecule has 2 N–H and O–H groups in total. The maximum atomic E-state index is 6.18. The summed E-state index contributed by atoms with van der Waals surface area (Å²) < 4.78 is 12.8. The molecule has 4 heteroatoms. The van der Waals surface area contributed by atoms with E-state index < -0.39 is 0 Å². The van der Waals surface area contributed by atoms with Crippen molar-refractivity contribution in [1.29, 1.82) is 0 Å². The minimum absolute atomic E-state index is 0.107. The third-order valence-electron chi connectivity index (χ3n) is 3.29. The van der Waals surface area contributed by atoms with Crippen LogP contribution in [0.25, 0.3) is 0 Å². The van der Waals surface area contributed by atoms with E-state index in [1.54, 1.807) is 0 Å². The van der Waals surface area contributed by atoms with Crippen molar-refractivity contribution in [3.63, 3.8) is 0 Å². The average Bonchev–Trinajstić information content (AvgIpc) is 2.85. The molecule has 1 aromatic carbocycles. The fourth-order valence-corrected chi connectivity index (χ4v) is 2.26. The van der Waals surface area contributed by atoms with Crippen molar-refractivity contribution in [3.05, 3.63) is 51.9 Å². The van der Waals surface area contributed by atoms with Crippen molar-refractivity contribution in [2.45, 2.75) is 39.3 Å². The van der Waals surface area contributed by atoms with Crippen LogP contribution >= 0.6 is 15.9 Å². The van der Waals surface area contributed by atoms with Crippen LogP contribution in [0.15, 0.2) is 39.2 Å². The number of hydrogen-bond acceptors (Lipinski definition) is 3. The van der Waals surface area contributed by atoms with Crippen molar-refractivity contribution in [2.24, 2.45) is 5.73 Å². The molecule has 108 valence electrons. The molecule has 20 heavy (non-hydrogen) atoms. The molecule has 0 spiro atoms. The van der Waals surface area contributed by atoms with Gasteiger partial charge in [-0.3, -0.25) is 0 Å². The van der Waals surface area contributed by atoms with Gasteiger partial charge in [0.15, 0.2) is 6.10 Å². The molecule has 2 atom stereocenters. The van der Waals surface area contributed by atoms with Gasteiger partial charge in [-0.25, -0.2) is 0 Å². The second-order valence-corrected chi connectivity index (χ2v) is 5.82. The minimum atomic E-state index is -0.269. The Morgan fingerprint density at radius 1 is 1.25 bits per heavy atom. The SMILES string of the molecule is CCC(N)C(Oc1ccc(Br)c(C)c1)c1ccc(C)o1. The third-order valence-corrected chi connectivity index (χ3v) is 4.18. The zero-order chi connectivity index (χ0) is 14.7. The lowest BCUT2D eigenvalue weighted by molar-refractivity contribution is 0.143. The van der Waals surface area contributed by atoms with E-state index in [0.717, 1.165) is 33.7 Å². The second kappa shape index (κ2) is 6.46. The lowest BCUT2D eigenvalue weighted by atomic mass is 10.1. The highest BCUT2D eigenvalue weighted by Gasteiger charge is 2.23. The van der Waals surface area contributed by atoms with E-state index >= 15 is 0 Å². The highest BCUT2D eigenvalue weighted by atomic mass is 79.9. The van der Waals surface area contributed by atoms with Crippen LogP contribution in [0.4, 0.5) is 0 Å². The molecule has 0 saturated heterocycles. The first-order valence-corrected chi connectivity index (χ1v) is 7.55. The molecule has 2 rings (SSSR count). The first kappa shape index (κ1) is 15.1. The lowest BCUT2D eigenvalue weighted by Gasteiger charge is -2.22. The largest absolute Gasteiger partial charge is 0.481 e. The minimum Gasteiger partial charge on any atom is -0.481 e. The molecule has 0 aliphatic rings. The first-order valence-electron chi connectivity index (χ1n) is 6.76. The van der Waals surface area contributed by atoms with Crippen molar-refractivity contribution >= 4 is 15.9 Å². The summed E-state index contributed by atoms with van der Waals surface area (Å²) in [5.41, 5.74) is 7.31. The molecule has 0 fully saturated rings. The molecular weight excluding hydrogens is 318 g/mol. The number of nitrogens with two attached hydrogens (primary N) is 1. The molecule has 0 aliphatic carbocycles. The Hall–Kier alpha value is -1.26. The topological polar surface area (TPSA) is 48.4 Å². The number of benzene rings is 1. The number of ether oxygens (including phenoxy) is 1. The third kappa shape index (κ3) is 3.44. The molecule has 3 nitrogen and oxygen atoms in total. The Morgan fingerprint density at radius 2 is 2.00 bits per heavy atom. The summed E-state index contributed by atoms with van der Waals surface area (Å²) in [6.07, 6.45) is 0.550. The second-order valence-electron chi connectivity index (χ2n) is 4.97. The smallest absolute Gasteiger partial charge is 0.171 e. The molecule has 0 saturated carbocycles. The maximum Gasteiger partial charge on any atom is 0.171 e.